The monoisotopic (exact) mass is 424 g/mol. The van der Waals surface area contributed by atoms with Crippen molar-refractivity contribution in [3.63, 3.8) is 0 Å². The summed E-state index contributed by atoms with van der Waals surface area (Å²) in [4.78, 5) is 17.8. The Morgan fingerprint density at radius 2 is 1.34 bits per heavy atom. The molecule has 2 aliphatic rings. The minimum Gasteiger partial charge on any atom is -0.335 e. The van der Waals surface area contributed by atoms with Crippen LogP contribution >= 0.6 is 0 Å². The third-order valence-corrected chi connectivity index (χ3v) is 7.27. The Morgan fingerprint density at radius 1 is 0.750 bits per heavy atom. The summed E-state index contributed by atoms with van der Waals surface area (Å²) in [6.45, 7) is 4.11. The van der Waals surface area contributed by atoms with Gasteiger partial charge in [-0.2, -0.15) is 0 Å². The number of carbonyl (C=O) groups is 1. The molecule has 2 aliphatic heterocycles. The van der Waals surface area contributed by atoms with Gasteiger partial charge in [0.05, 0.1) is 0 Å². The van der Waals surface area contributed by atoms with Crippen molar-refractivity contribution in [1.82, 2.24) is 9.80 Å². The Balaban J connectivity index is 1.19. The van der Waals surface area contributed by atoms with E-state index in [1.807, 2.05) is 18.2 Å². The number of nitrogens with zero attached hydrogens (tertiary/aromatic N) is 2. The highest BCUT2D eigenvalue weighted by Gasteiger charge is 2.32. The molecular formula is C29H32N2O. The van der Waals surface area contributed by atoms with Crippen LogP contribution in [0.1, 0.15) is 52.2 Å². The molecule has 0 spiro atoms. The van der Waals surface area contributed by atoms with Gasteiger partial charge in [-0.3, -0.25) is 4.79 Å². The average molecular weight is 425 g/mol. The van der Waals surface area contributed by atoms with Crippen LogP contribution in [0.3, 0.4) is 0 Å². The molecule has 0 radical (unpaired) electrons. The summed E-state index contributed by atoms with van der Waals surface area (Å²) >= 11 is 0. The number of hydrogen-bond donors (Lipinski definition) is 0. The zero-order valence-corrected chi connectivity index (χ0v) is 18.7. The van der Waals surface area contributed by atoms with Crippen LogP contribution in [0.4, 0.5) is 0 Å². The van der Waals surface area contributed by atoms with Crippen molar-refractivity contribution in [1.29, 1.82) is 0 Å². The van der Waals surface area contributed by atoms with E-state index in [0.29, 0.717) is 12.0 Å². The molecule has 1 amide bonds. The Hall–Kier alpha value is -2.91. The maximum Gasteiger partial charge on any atom is 0.254 e. The highest BCUT2D eigenvalue weighted by atomic mass is 16.2. The molecule has 0 saturated carbocycles. The lowest BCUT2D eigenvalue weighted by Crippen LogP contribution is -2.50. The quantitative estimate of drug-likeness (QED) is 0.531. The summed E-state index contributed by atoms with van der Waals surface area (Å²) < 4.78 is 0. The minimum atomic E-state index is 0.235. The van der Waals surface area contributed by atoms with E-state index in [1.54, 1.807) is 0 Å². The molecule has 2 heterocycles. The first-order valence-corrected chi connectivity index (χ1v) is 12.0. The van der Waals surface area contributed by atoms with Crippen LogP contribution in [0.2, 0.25) is 0 Å². The first kappa shape index (κ1) is 21.0. The molecule has 1 fully saturated rings. The van der Waals surface area contributed by atoms with Crippen LogP contribution in [0.15, 0.2) is 84.9 Å². The van der Waals surface area contributed by atoms with Crippen LogP contribution in [0.25, 0.3) is 0 Å². The van der Waals surface area contributed by atoms with Crippen LogP contribution in [0.5, 0.6) is 0 Å². The van der Waals surface area contributed by atoms with Crippen molar-refractivity contribution in [3.05, 3.63) is 107 Å². The number of piperidine rings is 1. The van der Waals surface area contributed by atoms with Gasteiger partial charge in [0.15, 0.2) is 0 Å². The Kier molecular flexibility index (Phi) is 6.36. The minimum absolute atomic E-state index is 0.235. The summed E-state index contributed by atoms with van der Waals surface area (Å²) in [5, 5.41) is 0. The van der Waals surface area contributed by atoms with Gasteiger partial charge < -0.3 is 9.80 Å². The zero-order valence-electron chi connectivity index (χ0n) is 18.7. The SMILES string of the molecule is O=C1c2ccccc2CCN1C1CCN(CCC(c2ccccc2)c2ccccc2)CC1. The van der Waals surface area contributed by atoms with Crippen molar-refractivity contribution in [3.8, 4) is 0 Å². The summed E-state index contributed by atoms with van der Waals surface area (Å²) in [5.41, 5.74) is 4.91. The molecule has 0 bridgehead atoms. The van der Waals surface area contributed by atoms with Crippen LogP contribution in [-0.2, 0) is 6.42 Å². The number of fused-ring (bicyclic) bond motifs is 1. The van der Waals surface area contributed by atoms with Gasteiger partial charge >= 0.3 is 0 Å². The van der Waals surface area contributed by atoms with Crippen LogP contribution in [0, 0.1) is 0 Å². The van der Waals surface area contributed by atoms with Crippen molar-refractivity contribution in [2.45, 2.75) is 37.6 Å². The summed E-state index contributed by atoms with van der Waals surface area (Å²) in [7, 11) is 0. The fourth-order valence-electron chi connectivity index (χ4n) is 5.46. The number of carbonyl (C=O) groups excluding carboxylic acids is 1. The van der Waals surface area contributed by atoms with Gasteiger partial charge in [-0.15, -0.1) is 0 Å². The first-order valence-electron chi connectivity index (χ1n) is 12.0. The number of amides is 1. The second-order valence-electron chi connectivity index (χ2n) is 9.14. The number of hydrogen-bond acceptors (Lipinski definition) is 2. The summed E-state index contributed by atoms with van der Waals surface area (Å²) in [6, 6.07) is 30.3. The van der Waals surface area contributed by atoms with Crippen LogP contribution < -0.4 is 0 Å². The topological polar surface area (TPSA) is 23.6 Å². The van der Waals surface area contributed by atoms with Crippen LogP contribution in [-0.4, -0.2) is 47.9 Å². The van der Waals surface area contributed by atoms with E-state index < -0.39 is 0 Å². The molecule has 3 heteroatoms. The number of rotatable bonds is 6. The standard InChI is InChI=1S/C29H32N2O/c32-29-28-14-8-7-13-25(28)15-22-31(29)26-16-19-30(20-17-26)21-18-27(23-9-3-1-4-10-23)24-11-5-2-6-12-24/h1-14,26-27H,15-22H2. The third kappa shape index (κ3) is 4.49. The Bertz CT molecular complexity index is 986. The van der Waals surface area contributed by atoms with Crippen molar-refractivity contribution >= 4 is 5.91 Å². The summed E-state index contributed by atoms with van der Waals surface area (Å²) in [6.07, 6.45) is 4.26. The van der Waals surface area contributed by atoms with Crippen molar-refractivity contribution < 1.29 is 4.79 Å². The molecular weight excluding hydrogens is 392 g/mol. The van der Waals surface area contributed by atoms with E-state index in [1.165, 1.54) is 16.7 Å². The molecule has 3 aromatic carbocycles. The van der Waals surface area contributed by atoms with Crippen molar-refractivity contribution in [2.75, 3.05) is 26.2 Å². The Labute approximate surface area is 191 Å². The van der Waals surface area contributed by atoms with Gasteiger partial charge in [0.1, 0.15) is 0 Å². The number of likely N-dealkylation sites (tertiary alicyclic amines) is 1. The lowest BCUT2D eigenvalue weighted by molar-refractivity contribution is 0.0551. The van der Waals surface area contributed by atoms with E-state index in [9.17, 15) is 4.79 Å². The number of benzene rings is 3. The second kappa shape index (κ2) is 9.70. The molecule has 0 N–H and O–H groups in total. The van der Waals surface area contributed by atoms with Gasteiger partial charge in [-0.1, -0.05) is 78.9 Å². The predicted octanol–water partition coefficient (Wildman–Crippen LogP) is 5.37. The van der Waals surface area contributed by atoms with E-state index in [-0.39, 0.29) is 5.91 Å². The van der Waals surface area contributed by atoms with Gasteiger partial charge in [-0.25, -0.2) is 0 Å². The molecule has 3 aromatic rings. The fraction of sp³-hybridized carbons (Fsp3) is 0.345. The van der Waals surface area contributed by atoms with E-state index in [2.05, 4.69) is 76.5 Å². The van der Waals surface area contributed by atoms with Crippen molar-refractivity contribution in [2.24, 2.45) is 0 Å². The molecule has 0 unspecified atom stereocenters. The average Bonchev–Trinajstić information content (AvgIpc) is 2.86. The molecule has 3 nitrogen and oxygen atoms in total. The lowest BCUT2D eigenvalue weighted by atomic mass is 9.88. The molecule has 5 rings (SSSR count). The highest BCUT2D eigenvalue weighted by Crippen LogP contribution is 2.29. The van der Waals surface area contributed by atoms with E-state index in [4.69, 9.17) is 0 Å². The van der Waals surface area contributed by atoms with Gasteiger partial charge in [0.2, 0.25) is 0 Å². The van der Waals surface area contributed by atoms with Gasteiger partial charge in [0, 0.05) is 37.2 Å². The maximum atomic E-state index is 13.0. The molecule has 164 valence electrons. The third-order valence-electron chi connectivity index (χ3n) is 7.27. The van der Waals surface area contributed by atoms with E-state index >= 15 is 0 Å². The Morgan fingerprint density at radius 3 is 2.00 bits per heavy atom. The highest BCUT2D eigenvalue weighted by molar-refractivity contribution is 5.96. The molecule has 1 saturated heterocycles. The molecule has 32 heavy (non-hydrogen) atoms. The van der Waals surface area contributed by atoms with Gasteiger partial charge in [-0.05, 0) is 55.0 Å². The first-order chi connectivity index (χ1) is 15.8. The smallest absolute Gasteiger partial charge is 0.254 e. The fourth-order valence-corrected chi connectivity index (χ4v) is 5.46. The van der Waals surface area contributed by atoms with Gasteiger partial charge in [0.25, 0.3) is 5.91 Å². The normalized spacial score (nSPS) is 17.5. The largest absolute Gasteiger partial charge is 0.335 e. The van der Waals surface area contributed by atoms with E-state index in [0.717, 1.165) is 57.4 Å². The summed E-state index contributed by atoms with van der Waals surface area (Å²) in [5.74, 6) is 0.661. The molecule has 0 atom stereocenters. The zero-order chi connectivity index (χ0) is 21.8. The lowest BCUT2D eigenvalue weighted by Gasteiger charge is -2.41. The predicted molar refractivity (Wildman–Crippen MR) is 130 cm³/mol. The maximum absolute atomic E-state index is 13.0. The molecule has 0 aliphatic carbocycles. The molecule has 0 aromatic heterocycles. The second-order valence-corrected chi connectivity index (χ2v) is 9.14.